The summed E-state index contributed by atoms with van der Waals surface area (Å²) in [5, 5.41) is 4.00. The molecular weight excluding hydrogens is 378 g/mol. The Labute approximate surface area is 174 Å². The molecule has 0 bridgehead atoms. The van der Waals surface area contributed by atoms with Gasteiger partial charge in [0.2, 0.25) is 5.91 Å². The molecule has 0 radical (unpaired) electrons. The molecule has 1 amide bonds. The predicted molar refractivity (Wildman–Crippen MR) is 117 cm³/mol. The van der Waals surface area contributed by atoms with Crippen molar-refractivity contribution >= 4 is 29.2 Å². The normalized spacial score (nSPS) is 18.1. The first kappa shape index (κ1) is 18.0. The van der Waals surface area contributed by atoms with Crippen LogP contribution in [-0.2, 0) is 17.9 Å². The van der Waals surface area contributed by atoms with Gasteiger partial charge in [0.05, 0.1) is 24.0 Å². The lowest BCUT2D eigenvalue weighted by molar-refractivity contribution is -0.147. The van der Waals surface area contributed by atoms with Gasteiger partial charge in [-0.25, -0.2) is 10.0 Å². The summed E-state index contributed by atoms with van der Waals surface area (Å²) >= 11 is 1.75. The first-order chi connectivity index (χ1) is 14.3. The van der Waals surface area contributed by atoms with E-state index in [1.165, 1.54) is 0 Å². The number of hydrogen-bond acceptors (Lipinski definition) is 4. The number of thioether (sulfide) groups is 1. The van der Waals surface area contributed by atoms with Crippen LogP contribution in [0.1, 0.15) is 17.5 Å². The highest BCUT2D eigenvalue weighted by atomic mass is 32.2. The van der Waals surface area contributed by atoms with Gasteiger partial charge in [0.15, 0.2) is 0 Å². The summed E-state index contributed by atoms with van der Waals surface area (Å²) < 4.78 is 0. The van der Waals surface area contributed by atoms with Gasteiger partial charge in [-0.1, -0.05) is 72.8 Å². The number of amides is 1. The molecule has 2 aliphatic heterocycles. The number of carbonyl (C=O) groups excluding carboxylic acids is 1. The highest BCUT2D eigenvalue weighted by Crippen LogP contribution is 2.42. The number of hydrogen-bond donors (Lipinski definition) is 0. The summed E-state index contributed by atoms with van der Waals surface area (Å²) in [5.74, 6) is 1.11. The van der Waals surface area contributed by atoms with E-state index in [4.69, 9.17) is 4.99 Å². The van der Waals surface area contributed by atoms with Gasteiger partial charge in [-0.3, -0.25) is 9.80 Å². The highest BCUT2D eigenvalue weighted by molar-refractivity contribution is 8.01. The van der Waals surface area contributed by atoms with Gasteiger partial charge in [-0.05, 0) is 23.3 Å². The Morgan fingerprint density at radius 2 is 1.38 bits per heavy atom. The number of carbonyl (C=O) groups is 1. The number of amidine groups is 1. The molecule has 0 N–H and O–H groups in total. The fourth-order valence-corrected chi connectivity index (χ4v) is 4.99. The van der Waals surface area contributed by atoms with Crippen LogP contribution in [0.2, 0.25) is 0 Å². The monoisotopic (exact) mass is 399 g/mol. The molecule has 0 aromatic heterocycles. The minimum atomic E-state index is 0.0492. The van der Waals surface area contributed by atoms with E-state index < -0.39 is 0 Å². The molecule has 3 aromatic rings. The van der Waals surface area contributed by atoms with Crippen molar-refractivity contribution in [1.82, 2.24) is 10.0 Å². The fraction of sp³-hybridized carbons (Fsp3) is 0.167. The number of aliphatic imine (C=N–C) groups is 1. The molecule has 3 aromatic carbocycles. The smallest absolute Gasteiger partial charge is 0.243 e. The van der Waals surface area contributed by atoms with Gasteiger partial charge < -0.3 is 0 Å². The zero-order valence-corrected chi connectivity index (χ0v) is 16.8. The second kappa shape index (κ2) is 7.76. The average molecular weight is 400 g/mol. The summed E-state index contributed by atoms with van der Waals surface area (Å²) in [4.78, 5) is 19.3. The molecule has 29 heavy (non-hydrogen) atoms. The second-order valence-corrected chi connectivity index (χ2v) is 8.47. The minimum Gasteiger partial charge on any atom is -0.273 e. The molecule has 2 aliphatic rings. The first-order valence-electron chi connectivity index (χ1n) is 9.78. The lowest BCUT2D eigenvalue weighted by atomic mass is 10.1. The molecule has 144 valence electrons. The van der Waals surface area contributed by atoms with E-state index in [1.807, 2.05) is 59.6 Å². The summed E-state index contributed by atoms with van der Waals surface area (Å²) in [6, 6.07) is 28.6. The Kier molecular flexibility index (Phi) is 4.82. The van der Waals surface area contributed by atoms with Gasteiger partial charge in [0.25, 0.3) is 0 Å². The third-order valence-electron chi connectivity index (χ3n) is 5.21. The molecule has 1 saturated heterocycles. The Bertz CT molecular complexity index is 1050. The molecule has 0 spiro atoms. The van der Waals surface area contributed by atoms with Gasteiger partial charge in [-0.2, -0.15) is 0 Å². The van der Waals surface area contributed by atoms with Crippen molar-refractivity contribution in [3.63, 3.8) is 0 Å². The van der Waals surface area contributed by atoms with Crippen LogP contribution in [0.3, 0.4) is 0 Å². The molecule has 5 rings (SSSR count). The van der Waals surface area contributed by atoms with Gasteiger partial charge in [0.1, 0.15) is 5.84 Å². The predicted octanol–water partition coefficient (Wildman–Crippen LogP) is 5.04. The van der Waals surface area contributed by atoms with E-state index in [0.29, 0.717) is 19.5 Å². The summed E-state index contributed by atoms with van der Waals surface area (Å²) in [5.41, 5.74) is 3.25. The van der Waals surface area contributed by atoms with E-state index in [-0.39, 0.29) is 11.2 Å². The van der Waals surface area contributed by atoms with Crippen molar-refractivity contribution in [2.45, 2.75) is 29.7 Å². The molecule has 4 nitrogen and oxygen atoms in total. The Hall–Kier alpha value is -3.05. The van der Waals surface area contributed by atoms with E-state index in [2.05, 4.69) is 35.3 Å². The summed E-state index contributed by atoms with van der Waals surface area (Å²) in [6.45, 7) is 1.17. The third-order valence-corrected chi connectivity index (χ3v) is 6.47. The summed E-state index contributed by atoms with van der Waals surface area (Å²) in [6.07, 6.45) is 0.468. The zero-order chi connectivity index (χ0) is 19.6. The number of rotatable bonds is 4. The fourth-order valence-electron chi connectivity index (χ4n) is 3.78. The molecule has 1 fully saturated rings. The maximum atomic E-state index is 13.2. The quantitative estimate of drug-likeness (QED) is 0.617. The zero-order valence-electron chi connectivity index (χ0n) is 15.9. The van der Waals surface area contributed by atoms with Gasteiger partial charge in [-0.15, -0.1) is 11.8 Å². The van der Waals surface area contributed by atoms with Crippen molar-refractivity contribution in [1.29, 1.82) is 0 Å². The number of para-hydroxylation sites is 1. The Balaban J connectivity index is 1.55. The first-order valence-corrected chi connectivity index (χ1v) is 10.7. The van der Waals surface area contributed by atoms with Crippen LogP contribution >= 0.6 is 11.8 Å². The number of benzene rings is 3. The van der Waals surface area contributed by atoms with Crippen LogP contribution in [0.5, 0.6) is 0 Å². The van der Waals surface area contributed by atoms with Crippen LogP contribution in [0.15, 0.2) is 94.8 Å². The molecule has 1 atom stereocenters. The standard InChI is InChI=1S/C24H21N3OS/c28-23-15-22-24(25-20-13-7-8-14-21(20)29-22)27(17-19-11-5-2-6-12-19)26(23)16-18-9-3-1-4-10-18/h1-14,22H,15-17H2/t22-/m1/s1. The number of nitrogens with zero attached hydrogens (tertiary/aromatic N) is 3. The van der Waals surface area contributed by atoms with E-state index in [0.717, 1.165) is 27.5 Å². The molecule has 0 aliphatic carbocycles. The largest absolute Gasteiger partial charge is 0.273 e. The van der Waals surface area contributed by atoms with E-state index >= 15 is 0 Å². The van der Waals surface area contributed by atoms with Crippen LogP contribution in [0, 0.1) is 0 Å². The SMILES string of the molecule is O=C1C[C@H]2Sc3ccccc3N=C2N(Cc2ccccc2)N1Cc1ccccc1. The van der Waals surface area contributed by atoms with E-state index in [9.17, 15) is 4.79 Å². The lowest BCUT2D eigenvalue weighted by Gasteiger charge is -2.45. The molecule has 0 unspecified atom stereocenters. The highest BCUT2D eigenvalue weighted by Gasteiger charge is 2.39. The minimum absolute atomic E-state index is 0.0492. The van der Waals surface area contributed by atoms with Crippen LogP contribution in [0.4, 0.5) is 5.69 Å². The van der Waals surface area contributed by atoms with Crippen molar-refractivity contribution in [3.05, 3.63) is 96.1 Å². The van der Waals surface area contributed by atoms with Crippen molar-refractivity contribution in [2.75, 3.05) is 0 Å². The Morgan fingerprint density at radius 3 is 2.07 bits per heavy atom. The number of fused-ring (bicyclic) bond motifs is 2. The number of hydrazine groups is 1. The molecule has 2 heterocycles. The van der Waals surface area contributed by atoms with Crippen LogP contribution < -0.4 is 0 Å². The van der Waals surface area contributed by atoms with Crippen molar-refractivity contribution < 1.29 is 4.79 Å². The molecule has 5 heteroatoms. The lowest BCUT2D eigenvalue weighted by Crippen LogP contribution is -2.57. The Morgan fingerprint density at radius 1 is 0.793 bits per heavy atom. The molecular formula is C24H21N3OS. The molecule has 0 saturated carbocycles. The second-order valence-electron chi connectivity index (χ2n) is 7.23. The van der Waals surface area contributed by atoms with Crippen molar-refractivity contribution in [3.8, 4) is 0 Å². The average Bonchev–Trinajstić information content (AvgIpc) is 2.76. The van der Waals surface area contributed by atoms with Crippen LogP contribution in [-0.4, -0.2) is 27.0 Å². The maximum absolute atomic E-state index is 13.2. The maximum Gasteiger partial charge on any atom is 0.243 e. The van der Waals surface area contributed by atoms with Crippen LogP contribution in [0.25, 0.3) is 0 Å². The van der Waals surface area contributed by atoms with Gasteiger partial charge >= 0.3 is 0 Å². The van der Waals surface area contributed by atoms with Crippen molar-refractivity contribution in [2.24, 2.45) is 4.99 Å². The summed E-state index contributed by atoms with van der Waals surface area (Å²) in [7, 11) is 0. The third kappa shape index (κ3) is 3.66. The topological polar surface area (TPSA) is 35.9 Å². The van der Waals surface area contributed by atoms with Gasteiger partial charge in [0, 0.05) is 11.3 Å². The van der Waals surface area contributed by atoms with E-state index in [1.54, 1.807) is 11.8 Å².